The summed E-state index contributed by atoms with van der Waals surface area (Å²) < 4.78 is 1.72. The zero-order chi connectivity index (χ0) is 24.5. The minimum absolute atomic E-state index is 0.0251. The Kier molecular flexibility index (Phi) is 6.80. The molecule has 35 heavy (non-hydrogen) atoms. The number of carbonyl (C=O) groups excluding carboxylic acids is 1. The molecule has 0 aliphatic heterocycles. The van der Waals surface area contributed by atoms with Crippen LogP contribution in [0.3, 0.4) is 0 Å². The van der Waals surface area contributed by atoms with E-state index in [0.717, 1.165) is 64.0 Å². The molecule has 180 valence electrons. The smallest absolute Gasteiger partial charge is 0.267 e. The molecule has 0 spiro atoms. The molecule has 1 amide bonds. The second-order valence-electron chi connectivity index (χ2n) is 9.28. The molecule has 5 rings (SSSR count). The molecule has 2 aromatic carbocycles. The van der Waals surface area contributed by atoms with Gasteiger partial charge in [-0.1, -0.05) is 48.0 Å². The summed E-state index contributed by atoms with van der Waals surface area (Å²) in [4.78, 5) is 33.8. The van der Waals surface area contributed by atoms with Crippen LogP contribution in [0.2, 0.25) is 0 Å². The Hall–Kier alpha value is -2.90. The number of fused-ring (bicyclic) bond motifs is 3. The van der Waals surface area contributed by atoms with Gasteiger partial charge in [0.05, 0.1) is 16.8 Å². The number of nitrogens with zero attached hydrogens (tertiary/aromatic N) is 2. The largest absolute Gasteiger partial charge is 0.325 e. The highest BCUT2D eigenvalue weighted by Gasteiger charge is 2.23. The number of benzene rings is 2. The van der Waals surface area contributed by atoms with Gasteiger partial charge in [-0.2, -0.15) is 0 Å². The van der Waals surface area contributed by atoms with Gasteiger partial charge in [-0.3, -0.25) is 14.2 Å². The number of carbonyl (C=O) groups is 1. The fourth-order valence-corrected chi connectivity index (χ4v) is 6.89. The lowest BCUT2D eigenvalue weighted by molar-refractivity contribution is -0.113. The summed E-state index contributed by atoms with van der Waals surface area (Å²) in [6.07, 6.45) is 5.42. The average Bonchev–Trinajstić information content (AvgIpc) is 3.00. The van der Waals surface area contributed by atoms with E-state index in [0.29, 0.717) is 5.16 Å². The number of hydrogen-bond acceptors (Lipinski definition) is 5. The Morgan fingerprint density at radius 2 is 1.86 bits per heavy atom. The Labute approximate surface area is 213 Å². The van der Waals surface area contributed by atoms with Gasteiger partial charge >= 0.3 is 0 Å². The maximum absolute atomic E-state index is 14.0. The van der Waals surface area contributed by atoms with Gasteiger partial charge in [0.25, 0.3) is 5.56 Å². The van der Waals surface area contributed by atoms with Crippen LogP contribution in [0.1, 0.15) is 46.4 Å². The van der Waals surface area contributed by atoms with E-state index in [1.165, 1.54) is 28.6 Å². The summed E-state index contributed by atoms with van der Waals surface area (Å²) >= 11 is 2.96. The zero-order valence-electron chi connectivity index (χ0n) is 20.3. The summed E-state index contributed by atoms with van der Waals surface area (Å²) in [5.41, 5.74) is 6.00. The van der Waals surface area contributed by atoms with Gasteiger partial charge in [-0.05, 0) is 81.3 Å². The van der Waals surface area contributed by atoms with Gasteiger partial charge in [0.2, 0.25) is 5.91 Å². The first-order valence-electron chi connectivity index (χ1n) is 12.0. The van der Waals surface area contributed by atoms with E-state index in [4.69, 9.17) is 4.98 Å². The number of hydrogen-bond donors (Lipinski definition) is 1. The number of aryl methyl sites for hydroxylation is 5. The van der Waals surface area contributed by atoms with Gasteiger partial charge in [0.15, 0.2) is 5.16 Å². The van der Waals surface area contributed by atoms with Crippen molar-refractivity contribution in [2.24, 2.45) is 0 Å². The molecule has 5 nitrogen and oxygen atoms in total. The third-order valence-corrected chi connectivity index (χ3v) is 8.56. The van der Waals surface area contributed by atoms with Crippen molar-refractivity contribution in [3.05, 3.63) is 79.9 Å². The molecule has 0 saturated heterocycles. The quantitative estimate of drug-likeness (QED) is 0.195. The average molecular weight is 504 g/mol. The first-order valence-corrected chi connectivity index (χ1v) is 13.8. The van der Waals surface area contributed by atoms with Gasteiger partial charge in [-0.25, -0.2) is 4.98 Å². The van der Waals surface area contributed by atoms with Crippen LogP contribution in [0.25, 0.3) is 15.9 Å². The summed E-state index contributed by atoms with van der Waals surface area (Å²) in [7, 11) is 0. The minimum atomic E-state index is -0.121. The zero-order valence-corrected chi connectivity index (χ0v) is 21.9. The molecule has 1 aliphatic carbocycles. The van der Waals surface area contributed by atoms with Crippen molar-refractivity contribution < 1.29 is 4.79 Å². The highest BCUT2D eigenvalue weighted by Crippen LogP contribution is 2.35. The predicted molar refractivity (Wildman–Crippen MR) is 146 cm³/mol. The number of amides is 1. The molecule has 0 radical (unpaired) electrons. The molecule has 7 heteroatoms. The van der Waals surface area contributed by atoms with E-state index < -0.39 is 0 Å². The summed E-state index contributed by atoms with van der Waals surface area (Å²) in [5, 5.41) is 4.28. The molecule has 1 N–H and O–H groups in total. The summed E-state index contributed by atoms with van der Waals surface area (Å²) in [6.45, 7) is 6.06. The van der Waals surface area contributed by atoms with Crippen molar-refractivity contribution in [2.45, 2.75) is 58.0 Å². The van der Waals surface area contributed by atoms with E-state index in [-0.39, 0.29) is 17.2 Å². The third kappa shape index (κ3) is 4.93. The van der Waals surface area contributed by atoms with E-state index >= 15 is 0 Å². The highest BCUT2D eigenvalue weighted by molar-refractivity contribution is 7.99. The van der Waals surface area contributed by atoms with Crippen molar-refractivity contribution in [3.63, 3.8) is 0 Å². The maximum Gasteiger partial charge on any atom is 0.267 e. The van der Waals surface area contributed by atoms with Crippen molar-refractivity contribution in [2.75, 3.05) is 11.1 Å². The van der Waals surface area contributed by atoms with E-state index in [9.17, 15) is 9.59 Å². The first kappa shape index (κ1) is 23.8. The van der Waals surface area contributed by atoms with Gasteiger partial charge in [0.1, 0.15) is 4.83 Å². The standard InChI is InChI=1S/C28H29N3O2S2/c1-17-8-7-9-20(15-17)29-24(32)16-34-28-30-26-25(21-10-5-4-6-11-23(21)35-26)27(33)31(28)22-13-12-18(2)14-19(22)3/h7-9,12-15H,4-6,10-11,16H2,1-3H3,(H,29,32). The maximum atomic E-state index is 14.0. The Balaban J connectivity index is 1.56. The van der Waals surface area contributed by atoms with Crippen LogP contribution in [-0.4, -0.2) is 21.2 Å². The predicted octanol–water partition coefficient (Wildman–Crippen LogP) is 6.37. The normalized spacial score (nSPS) is 13.5. The molecule has 0 bridgehead atoms. The molecule has 0 fully saturated rings. The van der Waals surface area contributed by atoms with Crippen LogP contribution in [-0.2, 0) is 17.6 Å². The number of aromatic nitrogens is 2. The van der Waals surface area contributed by atoms with Crippen LogP contribution in [0.4, 0.5) is 5.69 Å². The third-order valence-electron chi connectivity index (χ3n) is 6.44. The topological polar surface area (TPSA) is 64.0 Å². The fourth-order valence-electron chi connectivity index (χ4n) is 4.78. The number of rotatable bonds is 5. The SMILES string of the molecule is Cc1cccc(NC(=O)CSc2nc3sc4c(c3c(=O)n2-c2ccc(C)cc2C)CCCCC4)c1. The molecule has 2 heterocycles. The number of anilines is 1. The molecule has 0 unspecified atom stereocenters. The molecule has 2 aromatic heterocycles. The lowest BCUT2D eigenvalue weighted by Gasteiger charge is -2.15. The molecular formula is C28H29N3O2S2. The summed E-state index contributed by atoms with van der Waals surface area (Å²) in [6, 6.07) is 13.8. The molecule has 4 aromatic rings. The number of thioether (sulfide) groups is 1. The number of nitrogens with one attached hydrogen (secondary N) is 1. The molecule has 0 atom stereocenters. The van der Waals surface area contributed by atoms with Crippen molar-refractivity contribution in [1.82, 2.24) is 9.55 Å². The second kappa shape index (κ2) is 9.99. The highest BCUT2D eigenvalue weighted by atomic mass is 32.2. The van der Waals surface area contributed by atoms with Crippen LogP contribution < -0.4 is 10.9 Å². The molecule has 0 saturated carbocycles. The van der Waals surface area contributed by atoms with Crippen molar-refractivity contribution >= 4 is 44.9 Å². The van der Waals surface area contributed by atoms with Crippen molar-refractivity contribution in [3.8, 4) is 5.69 Å². The molecular weight excluding hydrogens is 474 g/mol. The minimum Gasteiger partial charge on any atom is -0.325 e. The second-order valence-corrected chi connectivity index (χ2v) is 11.3. The Bertz CT molecular complexity index is 1490. The van der Waals surface area contributed by atoms with E-state index in [1.807, 2.05) is 57.2 Å². The van der Waals surface area contributed by atoms with Crippen LogP contribution in [0, 0.1) is 20.8 Å². The van der Waals surface area contributed by atoms with Gasteiger partial charge < -0.3 is 5.32 Å². The van der Waals surface area contributed by atoms with Crippen LogP contribution in [0.15, 0.2) is 52.4 Å². The van der Waals surface area contributed by atoms with Crippen molar-refractivity contribution in [1.29, 1.82) is 0 Å². The Morgan fingerprint density at radius 1 is 1.06 bits per heavy atom. The molecule has 1 aliphatic rings. The van der Waals surface area contributed by atoms with Crippen LogP contribution >= 0.6 is 23.1 Å². The van der Waals surface area contributed by atoms with E-state index in [1.54, 1.807) is 15.9 Å². The summed E-state index contributed by atoms with van der Waals surface area (Å²) in [5.74, 6) is 0.0473. The van der Waals surface area contributed by atoms with E-state index in [2.05, 4.69) is 11.4 Å². The lowest BCUT2D eigenvalue weighted by atomic mass is 10.1. The van der Waals surface area contributed by atoms with Crippen LogP contribution in [0.5, 0.6) is 0 Å². The van der Waals surface area contributed by atoms with Gasteiger partial charge in [-0.15, -0.1) is 11.3 Å². The van der Waals surface area contributed by atoms with Gasteiger partial charge in [0, 0.05) is 10.6 Å². The lowest BCUT2D eigenvalue weighted by Crippen LogP contribution is -2.23. The fraction of sp³-hybridized carbons (Fsp3) is 0.321. The number of thiophene rings is 1. The monoisotopic (exact) mass is 503 g/mol. The Morgan fingerprint density at radius 3 is 2.66 bits per heavy atom. The first-order chi connectivity index (χ1) is 16.9.